The van der Waals surface area contributed by atoms with Crippen molar-refractivity contribution >= 4 is 0 Å². The molecule has 2 saturated heterocycles. The van der Waals surface area contributed by atoms with Gasteiger partial charge in [-0.1, -0.05) is 19.8 Å². The summed E-state index contributed by atoms with van der Waals surface area (Å²) in [7, 11) is 0. The summed E-state index contributed by atoms with van der Waals surface area (Å²) >= 11 is 0. The molecule has 4 atom stereocenters. The van der Waals surface area contributed by atoms with Crippen molar-refractivity contribution in [2.75, 3.05) is 13.2 Å². The van der Waals surface area contributed by atoms with Gasteiger partial charge in [0, 0.05) is 13.2 Å². The number of hydrogen-bond donors (Lipinski definition) is 1. The summed E-state index contributed by atoms with van der Waals surface area (Å²) in [4.78, 5) is 0. The summed E-state index contributed by atoms with van der Waals surface area (Å²) in [5.41, 5.74) is -0.256. The molecule has 130 valence electrons. The van der Waals surface area contributed by atoms with Gasteiger partial charge in [0.2, 0.25) is 0 Å². The Bertz CT molecular complexity index is 317. The van der Waals surface area contributed by atoms with Crippen LogP contribution in [-0.4, -0.2) is 35.6 Å². The summed E-state index contributed by atoms with van der Waals surface area (Å²) in [6, 6.07) is 0. The molecule has 0 bridgehead atoms. The zero-order valence-corrected chi connectivity index (χ0v) is 14.9. The quantitative estimate of drug-likeness (QED) is 0.754. The van der Waals surface area contributed by atoms with Crippen molar-refractivity contribution in [1.82, 2.24) is 0 Å². The Hall–Kier alpha value is -0.120. The molecule has 2 fully saturated rings. The van der Waals surface area contributed by atoms with Crippen molar-refractivity contribution in [1.29, 1.82) is 0 Å². The van der Waals surface area contributed by atoms with Crippen LogP contribution in [0.4, 0.5) is 0 Å². The normalized spacial score (nSPS) is 36.0. The van der Waals surface area contributed by atoms with Crippen molar-refractivity contribution in [3.05, 3.63) is 0 Å². The average Bonchev–Trinajstić information content (AvgIpc) is 2.52. The zero-order chi connectivity index (χ0) is 16.1. The largest absolute Gasteiger partial charge is 0.390 e. The first-order valence-corrected chi connectivity index (χ1v) is 9.46. The molecule has 2 rings (SSSR count). The van der Waals surface area contributed by atoms with Crippen LogP contribution in [0.2, 0.25) is 0 Å². The number of aliphatic hydroxyl groups excluding tert-OH is 1. The van der Waals surface area contributed by atoms with Gasteiger partial charge in [0.25, 0.3) is 0 Å². The summed E-state index contributed by atoms with van der Waals surface area (Å²) in [6.07, 6.45) is 10.9. The van der Waals surface area contributed by atoms with Crippen molar-refractivity contribution in [2.45, 2.75) is 102 Å². The van der Waals surface area contributed by atoms with E-state index in [1.807, 2.05) is 0 Å². The molecule has 3 nitrogen and oxygen atoms in total. The van der Waals surface area contributed by atoms with Gasteiger partial charge in [0.05, 0.1) is 17.3 Å². The number of rotatable bonds is 7. The molecule has 4 unspecified atom stereocenters. The lowest BCUT2D eigenvalue weighted by Crippen LogP contribution is -2.44. The minimum absolute atomic E-state index is 0.0587. The fourth-order valence-corrected chi connectivity index (χ4v) is 4.30. The predicted octanol–water partition coefficient (Wildman–Crippen LogP) is 4.46. The zero-order valence-electron chi connectivity index (χ0n) is 14.9. The predicted molar refractivity (Wildman–Crippen MR) is 90.1 cm³/mol. The molecular weight excluding hydrogens is 276 g/mol. The van der Waals surface area contributed by atoms with Crippen LogP contribution in [0.15, 0.2) is 0 Å². The lowest BCUT2D eigenvalue weighted by Gasteiger charge is -2.41. The number of aliphatic hydroxyl groups is 1. The van der Waals surface area contributed by atoms with E-state index in [4.69, 9.17) is 9.47 Å². The van der Waals surface area contributed by atoms with Gasteiger partial charge in [-0.2, -0.15) is 0 Å². The van der Waals surface area contributed by atoms with E-state index in [0.29, 0.717) is 5.92 Å². The van der Waals surface area contributed by atoms with E-state index >= 15 is 0 Å². The SMILES string of the molecule is CCC(CCCC(O)C1(C)CCCCO1)C1(C)CCCCO1. The first kappa shape index (κ1) is 18.2. The Balaban J connectivity index is 1.78. The second kappa shape index (κ2) is 8.12. The topological polar surface area (TPSA) is 38.7 Å². The molecule has 1 N–H and O–H groups in total. The Kier molecular flexibility index (Phi) is 6.73. The third-order valence-corrected chi connectivity index (χ3v) is 6.09. The maximum absolute atomic E-state index is 10.5. The van der Waals surface area contributed by atoms with Gasteiger partial charge in [-0.3, -0.25) is 0 Å². The third-order valence-electron chi connectivity index (χ3n) is 6.09. The fourth-order valence-electron chi connectivity index (χ4n) is 4.30. The molecule has 22 heavy (non-hydrogen) atoms. The Morgan fingerprint density at radius 3 is 2.00 bits per heavy atom. The second-order valence-electron chi connectivity index (χ2n) is 7.79. The molecule has 0 aliphatic carbocycles. The Labute approximate surface area is 136 Å². The highest BCUT2D eigenvalue weighted by Gasteiger charge is 2.37. The number of ether oxygens (including phenoxy) is 2. The summed E-state index contributed by atoms with van der Waals surface area (Å²) in [6.45, 7) is 8.37. The fraction of sp³-hybridized carbons (Fsp3) is 1.00. The smallest absolute Gasteiger partial charge is 0.0912 e. The average molecular weight is 312 g/mol. The first-order valence-electron chi connectivity index (χ1n) is 9.46. The van der Waals surface area contributed by atoms with Crippen LogP contribution in [0.25, 0.3) is 0 Å². The van der Waals surface area contributed by atoms with E-state index in [9.17, 15) is 5.11 Å². The van der Waals surface area contributed by atoms with Crippen LogP contribution in [0.5, 0.6) is 0 Å². The van der Waals surface area contributed by atoms with E-state index in [1.165, 1.54) is 32.1 Å². The molecule has 2 aliphatic rings. The first-order chi connectivity index (χ1) is 10.5. The van der Waals surface area contributed by atoms with E-state index in [1.54, 1.807) is 0 Å². The molecule has 0 aromatic heterocycles. The Morgan fingerprint density at radius 2 is 1.50 bits per heavy atom. The van der Waals surface area contributed by atoms with Crippen LogP contribution in [0.3, 0.4) is 0 Å². The minimum atomic E-state index is -0.328. The molecule has 3 heteroatoms. The van der Waals surface area contributed by atoms with Crippen molar-refractivity contribution < 1.29 is 14.6 Å². The maximum atomic E-state index is 10.5. The second-order valence-corrected chi connectivity index (χ2v) is 7.79. The van der Waals surface area contributed by atoms with E-state index in [0.717, 1.165) is 45.3 Å². The summed E-state index contributed by atoms with van der Waals surface area (Å²) in [5, 5.41) is 10.5. The van der Waals surface area contributed by atoms with Gasteiger partial charge in [-0.15, -0.1) is 0 Å². The van der Waals surface area contributed by atoms with Crippen molar-refractivity contribution in [3.63, 3.8) is 0 Å². The monoisotopic (exact) mass is 312 g/mol. The summed E-state index contributed by atoms with van der Waals surface area (Å²) < 4.78 is 12.0. The number of hydrogen-bond acceptors (Lipinski definition) is 3. The van der Waals surface area contributed by atoms with Gasteiger partial charge in [0.15, 0.2) is 0 Å². The van der Waals surface area contributed by atoms with Gasteiger partial charge >= 0.3 is 0 Å². The highest BCUT2D eigenvalue weighted by Crippen LogP contribution is 2.37. The van der Waals surface area contributed by atoms with E-state index in [-0.39, 0.29) is 17.3 Å². The molecule has 0 aromatic rings. The summed E-state index contributed by atoms with van der Waals surface area (Å²) in [5.74, 6) is 0.611. The van der Waals surface area contributed by atoms with E-state index in [2.05, 4.69) is 20.8 Å². The standard InChI is InChI=1S/C19H36O3/c1-4-16(18(2)12-5-7-14-21-18)10-9-11-17(20)19(3)13-6-8-15-22-19/h16-17,20H,4-15H2,1-3H3. The molecule has 0 radical (unpaired) electrons. The Morgan fingerprint density at radius 1 is 0.909 bits per heavy atom. The van der Waals surface area contributed by atoms with Crippen molar-refractivity contribution in [3.8, 4) is 0 Å². The minimum Gasteiger partial charge on any atom is -0.390 e. The molecule has 2 heterocycles. The van der Waals surface area contributed by atoms with Gasteiger partial charge in [0.1, 0.15) is 0 Å². The van der Waals surface area contributed by atoms with Crippen LogP contribution in [0.1, 0.15) is 85.0 Å². The molecule has 0 amide bonds. The molecular formula is C19H36O3. The lowest BCUT2D eigenvalue weighted by atomic mass is 9.78. The van der Waals surface area contributed by atoms with Crippen LogP contribution < -0.4 is 0 Å². The van der Waals surface area contributed by atoms with Crippen LogP contribution in [0, 0.1) is 5.92 Å². The van der Waals surface area contributed by atoms with Gasteiger partial charge in [-0.25, -0.2) is 0 Å². The van der Waals surface area contributed by atoms with Gasteiger partial charge < -0.3 is 14.6 Å². The van der Waals surface area contributed by atoms with Gasteiger partial charge in [-0.05, 0) is 71.1 Å². The maximum Gasteiger partial charge on any atom is 0.0912 e. The van der Waals surface area contributed by atoms with E-state index < -0.39 is 0 Å². The van der Waals surface area contributed by atoms with Crippen LogP contribution >= 0.6 is 0 Å². The molecule has 0 aromatic carbocycles. The lowest BCUT2D eigenvalue weighted by molar-refractivity contribution is -0.140. The van der Waals surface area contributed by atoms with Crippen molar-refractivity contribution in [2.24, 2.45) is 5.92 Å². The third kappa shape index (κ3) is 4.46. The molecule has 0 spiro atoms. The highest BCUT2D eigenvalue weighted by atomic mass is 16.5. The van der Waals surface area contributed by atoms with Crippen LogP contribution in [-0.2, 0) is 9.47 Å². The molecule has 0 saturated carbocycles. The molecule has 2 aliphatic heterocycles. The highest BCUT2D eigenvalue weighted by molar-refractivity contribution is 4.88.